The number of nitrogens with zero attached hydrogens (tertiary/aromatic N) is 3. The van der Waals surface area contributed by atoms with Crippen molar-refractivity contribution in [1.29, 1.82) is 0 Å². The molecule has 0 saturated heterocycles. The van der Waals surface area contributed by atoms with Crippen molar-refractivity contribution in [2.24, 2.45) is 0 Å². The van der Waals surface area contributed by atoms with Crippen LogP contribution in [0.2, 0.25) is 5.15 Å². The first kappa shape index (κ1) is 18.2. The average Bonchev–Trinajstić information content (AvgIpc) is 3.15. The number of aromatic amines is 1. The van der Waals surface area contributed by atoms with Gasteiger partial charge in [-0.15, -0.1) is 0 Å². The number of anilines is 1. The van der Waals surface area contributed by atoms with Crippen LogP contribution in [0.25, 0.3) is 44.3 Å². The fraction of sp³-hybridized carbons (Fsp3) is 0.0417. The van der Waals surface area contributed by atoms with E-state index in [0.717, 1.165) is 56.2 Å². The SMILES string of the molecule is [C-]#[N+]c1ccc2[nH]c(-c3nc4c(cc3-c3cc(C)nc(Cl)c3)C=CC(=C)N4)cc2c1. The zero-order chi connectivity index (χ0) is 20.8. The van der Waals surface area contributed by atoms with E-state index in [1.54, 1.807) is 6.07 Å². The molecule has 4 heterocycles. The smallest absolute Gasteiger partial charge is 0.187 e. The molecule has 0 amide bonds. The lowest BCUT2D eigenvalue weighted by Gasteiger charge is -2.18. The Labute approximate surface area is 178 Å². The van der Waals surface area contributed by atoms with Gasteiger partial charge in [0.15, 0.2) is 5.69 Å². The first-order valence-electron chi connectivity index (χ1n) is 9.34. The van der Waals surface area contributed by atoms with Crippen LogP contribution in [-0.4, -0.2) is 15.0 Å². The standard InChI is InChI=1S/C24H16ClN5/c1-13-4-5-15-10-19(16-8-14(2)27-22(25)12-16)23(30-24(15)28-13)21-11-17-9-18(26-3)6-7-20(17)29-21/h4-12,29H,1H2,2H3,(H,28,30). The van der Waals surface area contributed by atoms with Gasteiger partial charge in [0.05, 0.1) is 18.0 Å². The molecule has 0 bridgehead atoms. The van der Waals surface area contributed by atoms with E-state index < -0.39 is 0 Å². The zero-order valence-electron chi connectivity index (χ0n) is 16.1. The van der Waals surface area contributed by atoms with Gasteiger partial charge in [-0.2, -0.15) is 0 Å². The Hall–Kier alpha value is -3.88. The molecule has 5 nitrogen and oxygen atoms in total. The molecule has 2 N–H and O–H groups in total. The lowest BCUT2D eigenvalue weighted by molar-refractivity contribution is 1.20. The van der Waals surface area contributed by atoms with Crippen molar-refractivity contribution in [3.63, 3.8) is 0 Å². The van der Waals surface area contributed by atoms with Crippen LogP contribution in [0.3, 0.4) is 0 Å². The second-order valence-corrected chi connectivity index (χ2v) is 7.58. The second-order valence-electron chi connectivity index (χ2n) is 7.19. The van der Waals surface area contributed by atoms with Gasteiger partial charge < -0.3 is 10.3 Å². The molecule has 0 spiro atoms. The number of rotatable bonds is 2. The number of fused-ring (bicyclic) bond motifs is 2. The van der Waals surface area contributed by atoms with Gasteiger partial charge in [0.25, 0.3) is 0 Å². The van der Waals surface area contributed by atoms with Crippen LogP contribution in [-0.2, 0) is 0 Å². The van der Waals surface area contributed by atoms with Crippen molar-refractivity contribution in [1.82, 2.24) is 15.0 Å². The summed E-state index contributed by atoms with van der Waals surface area (Å²) in [4.78, 5) is 16.2. The van der Waals surface area contributed by atoms with E-state index in [4.69, 9.17) is 23.2 Å². The maximum atomic E-state index is 7.26. The summed E-state index contributed by atoms with van der Waals surface area (Å²) in [6.07, 6.45) is 3.92. The highest BCUT2D eigenvalue weighted by Gasteiger charge is 2.18. The second kappa shape index (κ2) is 6.87. The third-order valence-electron chi connectivity index (χ3n) is 5.02. The molecule has 0 unspecified atom stereocenters. The molecule has 0 saturated carbocycles. The number of nitrogens with one attached hydrogen (secondary N) is 2. The molecule has 0 radical (unpaired) electrons. The first-order chi connectivity index (χ1) is 14.5. The molecule has 30 heavy (non-hydrogen) atoms. The van der Waals surface area contributed by atoms with Crippen LogP contribution in [0.5, 0.6) is 0 Å². The van der Waals surface area contributed by atoms with Gasteiger partial charge in [-0.25, -0.2) is 14.8 Å². The molecular formula is C24H16ClN5. The quantitative estimate of drug-likeness (QED) is 0.284. The highest BCUT2D eigenvalue weighted by molar-refractivity contribution is 6.29. The third kappa shape index (κ3) is 3.14. The molecule has 1 aliphatic rings. The van der Waals surface area contributed by atoms with Crippen molar-refractivity contribution in [3.05, 3.63) is 88.6 Å². The van der Waals surface area contributed by atoms with Gasteiger partial charge in [-0.3, -0.25) is 0 Å². The van der Waals surface area contributed by atoms with Gasteiger partial charge in [-0.1, -0.05) is 24.2 Å². The van der Waals surface area contributed by atoms with Crippen molar-refractivity contribution < 1.29 is 0 Å². The molecule has 3 aromatic heterocycles. The van der Waals surface area contributed by atoms with Crippen LogP contribution in [0.1, 0.15) is 11.3 Å². The lowest BCUT2D eigenvalue weighted by Crippen LogP contribution is -2.06. The molecule has 1 aromatic carbocycles. The Morgan fingerprint density at radius 1 is 1.07 bits per heavy atom. The van der Waals surface area contributed by atoms with Crippen molar-refractivity contribution in [2.75, 3.05) is 5.32 Å². The van der Waals surface area contributed by atoms with Gasteiger partial charge in [-0.05, 0) is 66.4 Å². The number of pyridine rings is 2. The Balaban J connectivity index is 1.78. The van der Waals surface area contributed by atoms with Crippen molar-refractivity contribution >= 4 is 40.1 Å². The van der Waals surface area contributed by atoms with Gasteiger partial charge >= 0.3 is 0 Å². The minimum absolute atomic E-state index is 0.439. The van der Waals surface area contributed by atoms with E-state index in [1.165, 1.54) is 0 Å². The summed E-state index contributed by atoms with van der Waals surface area (Å²) in [7, 11) is 0. The van der Waals surface area contributed by atoms with Crippen molar-refractivity contribution in [3.8, 4) is 22.5 Å². The summed E-state index contributed by atoms with van der Waals surface area (Å²) in [5.41, 5.74) is 7.67. The lowest BCUT2D eigenvalue weighted by atomic mass is 9.99. The van der Waals surface area contributed by atoms with E-state index >= 15 is 0 Å². The Kier molecular flexibility index (Phi) is 4.16. The minimum atomic E-state index is 0.439. The van der Waals surface area contributed by atoms with Crippen LogP contribution >= 0.6 is 11.6 Å². The van der Waals surface area contributed by atoms with Crippen LogP contribution in [0.15, 0.2) is 60.8 Å². The van der Waals surface area contributed by atoms with Gasteiger partial charge in [0.1, 0.15) is 11.0 Å². The minimum Gasteiger partial charge on any atom is -0.353 e. The summed E-state index contributed by atoms with van der Waals surface area (Å²) in [5, 5.41) is 4.64. The number of hydrogen-bond acceptors (Lipinski definition) is 3. The average molecular weight is 410 g/mol. The maximum absolute atomic E-state index is 7.26. The number of hydrogen-bond donors (Lipinski definition) is 2. The summed E-state index contributed by atoms with van der Waals surface area (Å²) in [5.74, 6) is 0.749. The molecular weight excluding hydrogens is 394 g/mol. The fourth-order valence-corrected chi connectivity index (χ4v) is 3.92. The molecule has 5 rings (SSSR count). The Morgan fingerprint density at radius 2 is 1.93 bits per heavy atom. The number of H-pyrrole nitrogens is 1. The summed E-state index contributed by atoms with van der Waals surface area (Å²) in [6.45, 7) is 13.2. The van der Waals surface area contributed by atoms with Crippen LogP contribution in [0, 0.1) is 13.5 Å². The summed E-state index contributed by atoms with van der Waals surface area (Å²) in [6, 6.07) is 13.5. The van der Waals surface area contributed by atoms with E-state index in [-0.39, 0.29) is 0 Å². The normalized spacial score (nSPS) is 12.5. The molecule has 144 valence electrons. The fourth-order valence-electron chi connectivity index (χ4n) is 3.67. The number of aromatic nitrogens is 3. The predicted octanol–water partition coefficient (Wildman–Crippen LogP) is 6.76. The van der Waals surface area contributed by atoms with Gasteiger partial charge in [0, 0.05) is 28.0 Å². The van der Waals surface area contributed by atoms with E-state index in [1.807, 2.05) is 49.4 Å². The Bertz CT molecular complexity index is 1400. The molecule has 0 aliphatic carbocycles. The Morgan fingerprint density at radius 3 is 2.73 bits per heavy atom. The zero-order valence-corrected chi connectivity index (χ0v) is 16.9. The highest BCUT2D eigenvalue weighted by atomic mass is 35.5. The van der Waals surface area contributed by atoms with E-state index in [0.29, 0.717) is 10.8 Å². The predicted molar refractivity (Wildman–Crippen MR) is 123 cm³/mol. The van der Waals surface area contributed by atoms with Crippen LogP contribution in [0.4, 0.5) is 11.5 Å². The number of allylic oxidation sites excluding steroid dienone is 1. The van der Waals surface area contributed by atoms with Crippen molar-refractivity contribution in [2.45, 2.75) is 6.92 Å². The topological polar surface area (TPSA) is 58.0 Å². The highest BCUT2D eigenvalue weighted by Crippen LogP contribution is 2.38. The monoisotopic (exact) mass is 409 g/mol. The number of benzene rings is 1. The largest absolute Gasteiger partial charge is 0.353 e. The molecule has 4 aromatic rings. The molecule has 0 fully saturated rings. The number of halogens is 1. The third-order valence-corrected chi connectivity index (χ3v) is 5.21. The van der Waals surface area contributed by atoms with Crippen LogP contribution < -0.4 is 5.32 Å². The van der Waals surface area contributed by atoms with E-state index in [9.17, 15) is 0 Å². The maximum Gasteiger partial charge on any atom is 0.187 e. The molecule has 0 atom stereocenters. The molecule has 6 heteroatoms. The summed E-state index contributed by atoms with van der Waals surface area (Å²) < 4.78 is 0. The number of aryl methyl sites for hydroxylation is 1. The first-order valence-corrected chi connectivity index (χ1v) is 9.72. The van der Waals surface area contributed by atoms with Gasteiger partial charge in [0.2, 0.25) is 0 Å². The summed E-state index contributed by atoms with van der Waals surface area (Å²) >= 11 is 6.25. The van der Waals surface area contributed by atoms with E-state index in [2.05, 4.69) is 32.8 Å². The molecule has 1 aliphatic heterocycles.